The lowest BCUT2D eigenvalue weighted by Gasteiger charge is -2.33. The van der Waals surface area contributed by atoms with Gasteiger partial charge in [0.15, 0.2) is 0 Å². The zero-order valence-corrected chi connectivity index (χ0v) is 8.92. The molecule has 1 aliphatic rings. The molecule has 0 amide bonds. The van der Waals surface area contributed by atoms with Crippen molar-refractivity contribution >= 4 is 0 Å². The van der Waals surface area contributed by atoms with E-state index in [1.807, 2.05) is 0 Å². The highest BCUT2D eigenvalue weighted by Crippen LogP contribution is 2.18. The summed E-state index contributed by atoms with van der Waals surface area (Å²) in [4.78, 5) is 0. The summed E-state index contributed by atoms with van der Waals surface area (Å²) >= 11 is 0. The SMILES string of the molecule is COCC[N+]1(CCOC)CCCC1. The third-order valence-electron chi connectivity index (χ3n) is 3.05. The van der Waals surface area contributed by atoms with E-state index in [2.05, 4.69) is 0 Å². The number of methoxy groups -OCH3 is 2. The minimum Gasteiger partial charge on any atom is -0.379 e. The second-order valence-electron chi connectivity index (χ2n) is 3.93. The summed E-state index contributed by atoms with van der Waals surface area (Å²) < 4.78 is 11.5. The Morgan fingerprint density at radius 2 is 1.38 bits per heavy atom. The Morgan fingerprint density at radius 3 is 1.77 bits per heavy atom. The molecule has 1 saturated heterocycles. The zero-order chi connectivity index (χ0) is 9.57. The Balaban J connectivity index is 2.33. The van der Waals surface area contributed by atoms with Crippen molar-refractivity contribution in [2.24, 2.45) is 0 Å². The minimum absolute atomic E-state index is 0.879. The van der Waals surface area contributed by atoms with E-state index in [9.17, 15) is 0 Å². The van der Waals surface area contributed by atoms with Crippen LogP contribution in [0.3, 0.4) is 0 Å². The molecule has 0 aromatic carbocycles. The van der Waals surface area contributed by atoms with Crippen LogP contribution in [0.4, 0.5) is 0 Å². The largest absolute Gasteiger partial charge is 0.379 e. The summed E-state index contributed by atoms with van der Waals surface area (Å²) in [5.74, 6) is 0. The molecule has 0 unspecified atom stereocenters. The standard InChI is InChI=1S/C10H22NO2/c1-12-9-7-11(8-10-13-2)5-3-4-6-11/h3-10H2,1-2H3/q+1. The van der Waals surface area contributed by atoms with Gasteiger partial charge in [0.1, 0.15) is 13.1 Å². The van der Waals surface area contributed by atoms with Gasteiger partial charge < -0.3 is 14.0 Å². The van der Waals surface area contributed by atoms with Crippen LogP contribution in [0.1, 0.15) is 12.8 Å². The van der Waals surface area contributed by atoms with Gasteiger partial charge in [-0.25, -0.2) is 0 Å². The molecule has 0 aliphatic carbocycles. The third kappa shape index (κ3) is 3.25. The highest BCUT2D eigenvalue weighted by Gasteiger charge is 2.30. The molecule has 1 fully saturated rings. The molecule has 13 heavy (non-hydrogen) atoms. The summed E-state index contributed by atoms with van der Waals surface area (Å²) in [6.07, 6.45) is 2.74. The normalized spacial score (nSPS) is 20.8. The van der Waals surface area contributed by atoms with Gasteiger partial charge in [-0.15, -0.1) is 0 Å². The van der Waals surface area contributed by atoms with E-state index in [0.29, 0.717) is 0 Å². The Hall–Kier alpha value is -0.120. The Kier molecular flexibility index (Phi) is 4.70. The summed E-state index contributed by atoms with van der Waals surface area (Å²) in [6, 6.07) is 0. The van der Waals surface area contributed by atoms with Crippen molar-refractivity contribution < 1.29 is 14.0 Å². The summed E-state index contributed by atoms with van der Waals surface area (Å²) in [7, 11) is 3.56. The van der Waals surface area contributed by atoms with Gasteiger partial charge in [0, 0.05) is 27.1 Å². The first-order valence-corrected chi connectivity index (χ1v) is 5.16. The highest BCUT2D eigenvalue weighted by atomic mass is 16.5. The van der Waals surface area contributed by atoms with Crippen LogP contribution >= 0.6 is 0 Å². The van der Waals surface area contributed by atoms with Gasteiger partial charge >= 0.3 is 0 Å². The van der Waals surface area contributed by atoms with Crippen LogP contribution in [0, 0.1) is 0 Å². The second kappa shape index (κ2) is 5.58. The van der Waals surface area contributed by atoms with Crippen molar-refractivity contribution in [2.75, 3.05) is 53.6 Å². The van der Waals surface area contributed by atoms with E-state index in [0.717, 1.165) is 26.3 Å². The fourth-order valence-corrected chi connectivity index (χ4v) is 2.14. The number of quaternary nitrogens is 1. The number of likely N-dealkylation sites (tertiary alicyclic amines) is 1. The van der Waals surface area contributed by atoms with Crippen molar-refractivity contribution in [3.8, 4) is 0 Å². The molecule has 0 bridgehead atoms. The molecule has 0 radical (unpaired) electrons. The van der Waals surface area contributed by atoms with E-state index in [4.69, 9.17) is 9.47 Å². The van der Waals surface area contributed by atoms with E-state index in [-0.39, 0.29) is 0 Å². The predicted molar refractivity (Wildman–Crippen MR) is 52.7 cm³/mol. The number of hydrogen-bond acceptors (Lipinski definition) is 2. The molecule has 78 valence electrons. The molecule has 1 rings (SSSR count). The maximum atomic E-state index is 5.15. The first-order chi connectivity index (χ1) is 6.33. The van der Waals surface area contributed by atoms with Gasteiger partial charge in [0.25, 0.3) is 0 Å². The van der Waals surface area contributed by atoms with Crippen LogP contribution in [0.25, 0.3) is 0 Å². The van der Waals surface area contributed by atoms with Gasteiger partial charge in [-0.2, -0.15) is 0 Å². The molecular formula is C10H22NO2+. The maximum absolute atomic E-state index is 5.15. The zero-order valence-electron chi connectivity index (χ0n) is 8.92. The monoisotopic (exact) mass is 188 g/mol. The molecule has 0 atom stereocenters. The fourth-order valence-electron chi connectivity index (χ4n) is 2.14. The summed E-state index contributed by atoms with van der Waals surface area (Å²) in [6.45, 7) is 6.69. The minimum atomic E-state index is 0.879. The smallest absolute Gasteiger partial charge is 0.102 e. The molecule has 0 aromatic heterocycles. The summed E-state index contributed by atoms with van der Waals surface area (Å²) in [5.41, 5.74) is 0. The average molecular weight is 188 g/mol. The molecule has 0 saturated carbocycles. The van der Waals surface area contributed by atoms with Crippen LogP contribution in [0.5, 0.6) is 0 Å². The quantitative estimate of drug-likeness (QED) is 0.576. The van der Waals surface area contributed by atoms with E-state index < -0.39 is 0 Å². The van der Waals surface area contributed by atoms with E-state index >= 15 is 0 Å². The van der Waals surface area contributed by atoms with Crippen LogP contribution in [-0.4, -0.2) is 58.1 Å². The molecule has 0 N–H and O–H groups in total. The predicted octanol–water partition coefficient (Wildman–Crippen LogP) is 0.890. The molecule has 1 heterocycles. The Bertz CT molecular complexity index is 123. The average Bonchev–Trinajstić information content (AvgIpc) is 2.61. The van der Waals surface area contributed by atoms with E-state index in [1.165, 1.54) is 30.4 Å². The van der Waals surface area contributed by atoms with Gasteiger partial charge in [-0.3, -0.25) is 0 Å². The van der Waals surface area contributed by atoms with Crippen molar-refractivity contribution in [2.45, 2.75) is 12.8 Å². The highest BCUT2D eigenvalue weighted by molar-refractivity contribution is 4.54. The first kappa shape index (κ1) is 11.0. The molecule has 0 spiro atoms. The number of hydrogen-bond donors (Lipinski definition) is 0. The van der Waals surface area contributed by atoms with E-state index in [1.54, 1.807) is 14.2 Å². The number of rotatable bonds is 6. The summed E-state index contributed by atoms with van der Waals surface area (Å²) in [5, 5.41) is 0. The van der Waals surface area contributed by atoms with Crippen LogP contribution in [-0.2, 0) is 9.47 Å². The van der Waals surface area contributed by atoms with Gasteiger partial charge in [0.05, 0.1) is 26.3 Å². The van der Waals surface area contributed by atoms with Gasteiger partial charge in [0.2, 0.25) is 0 Å². The molecular weight excluding hydrogens is 166 g/mol. The number of ether oxygens (including phenoxy) is 2. The van der Waals surface area contributed by atoms with Crippen LogP contribution < -0.4 is 0 Å². The third-order valence-corrected chi connectivity index (χ3v) is 3.05. The van der Waals surface area contributed by atoms with Gasteiger partial charge in [-0.1, -0.05) is 0 Å². The Labute approximate surface area is 81.2 Å². The Morgan fingerprint density at radius 1 is 0.923 bits per heavy atom. The lowest BCUT2D eigenvalue weighted by atomic mass is 10.4. The molecule has 1 aliphatic heterocycles. The van der Waals surface area contributed by atoms with Crippen molar-refractivity contribution in [1.29, 1.82) is 0 Å². The molecule has 3 heteroatoms. The number of nitrogens with zero attached hydrogens (tertiary/aromatic N) is 1. The lowest BCUT2D eigenvalue weighted by molar-refractivity contribution is -0.917. The van der Waals surface area contributed by atoms with Crippen molar-refractivity contribution in [3.63, 3.8) is 0 Å². The topological polar surface area (TPSA) is 18.5 Å². The molecule has 0 aromatic rings. The van der Waals surface area contributed by atoms with Gasteiger partial charge in [-0.05, 0) is 0 Å². The van der Waals surface area contributed by atoms with Crippen molar-refractivity contribution in [1.82, 2.24) is 0 Å². The van der Waals surface area contributed by atoms with Crippen molar-refractivity contribution in [3.05, 3.63) is 0 Å². The van der Waals surface area contributed by atoms with Crippen LogP contribution in [0.2, 0.25) is 0 Å². The second-order valence-corrected chi connectivity index (χ2v) is 3.93. The fraction of sp³-hybridized carbons (Fsp3) is 1.00. The van der Waals surface area contributed by atoms with Crippen LogP contribution in [0.15, 0.2) is 0 Å². The lowest BCUT2D eigenvalue weighted by Crippen LogP contribution is -2.49. The molecule has 3 nitrogen and oxygen atoms in total. The maximum Gasteiger partial charge on any atom is 0.102 e. The first-order valence-electron chi connectivity index (χ1n) is 5.16.